The first kappa shape index (κ1) is 17.9. The maximum atomic E-state index is 12.4. The van der Waals surface area contributed by atoms with Gasteiger partial charge in [-0.1, -0.05) is 48.5 Å². The molecular weight excluding hydrogens is 354 g/mol. The Bertz CT molecular complexity index is 956. The van der Waals surface area contributed by atoms with Gasteiger partial charge in [-0.2, -0.15) is 0 Å². The minimum atomic E-state index is -0.239. The number of carbonyl (C=O) groups is 1. The van der Waals surface area contributed by atoms with Gasteiger partial charge in [-0.15, -0.1) is 0 Å². The second kappa shape index (κ2) is 8.48. The number of amides is 1. The standard InChI is InChI=1S/C23H21NO4/c25-23(24-18-11-12-21-22(15-18)27-14-6-13-26-21)16-28-20-10-5-4-9-19(20)17-7-2-1-3-8-17/h1-5,7-12,15H,6,13-14,16H2,(H,24,25). The maximum Gasteiger partial charge on any atom is 0.262 e. The van der Waals surface area contributed by atoms with Crippen LogP contribution in [-0.4, -0.2) is 25.7 Å². The van der Waals surface area contributed by atoms with Gasteiger partial charge < -0.3 is 19.5 Å². The highest BCUT2D eigenvalue weighted by Crippen LogP contribution is 2.32. The molecule has 0 spiro atoms. The van der Waals surface area contributed by atoms with Gasteiger partial charge in [-0.25, -0.2) is 0 Å². The summed E-state index contributed by atoms with van der Waals surface area (Å²) in [6, 6.07) is 23.0. The summed E-state index contributed by atoms with van der Waals surface area (Å²) >= 11 is 0. The maximum absolute atomic E-state index is 12.4. The molecule has 1 N–H and O–H groups in total. The van der Waals surface area contributed by atoms with E-state index in [0.717, 1.165) is 17.5 Å². The number of benzene rings is 3. The Morgan fingerprint density at radius 1 is 0.893 bits per heavy atom. The van der Waals surface area contributed by atoms with Crippen molar-refractivity contribution in [3.63, 3.8) is 0 Å². The summed E-state index contributed by atoms with van der Waals surface area (Å²) in [4.78, 5) is 12.4. The van der Waals surface area contributed by atoms with Gasteiger partial charge in [0.1, 0.15) is 5.75 Å². The summed E-state index contributed by atoms with van der Waals surface area (Å²) < 4.78 is 17.1. The monoisotopic (exact) mass is 375 g/mol. The number of carbonyl (C=O) groups excluding carboxylic acids is 1. The first-order chi connectivity index (χ1) is 13.8. The van der Waals surface area contributed by atoms with E-state index in [4.69, 9.17) is 14.2 Å². The molecule has 0 saturated carbocycles. The van der Waals surface area contributed by atoms with Crippen LogP contribution >= 0.6 is 0 Å². The Kier molecular flexibility index (Phi) is 5.43. The van der Waals surface area contributed by atoms with Crippen molar-refractivity contribution in [3.05, 3.63) is 72.8 Å². The minimum Gasteiger partial charge on any atom is -0.490 e. The molecule has 0 atom stereocenters. The number of anilines is 1. The molecule has 5 heteroatoms. The highest BCUT2D eigenvalue weighted by Gasteiger charge is 2.13. The number of ether oxygens (including phenoxy) is 3. The highest BCUT2D eigenvalue weighted by atomic mass is 16.5. The fraction of sp³-hybridized carbons (Fsp3) is 0.174. The Balaban J connectivity index is 1.41. The molecular formula is C23H21NO4. The Labute approximate surface area is 163 Å². The van der Waals surface area contributed by atoms with Crippen LogP contribution in [0.5, 0.6) is 17.2 Å². The van der Waals surface area contributed by atoms with Crippen LogP contribution in [0.1, 0.15) is 6.42 Å². The zero-order valence-corrected chi connectivity index (χ0v) is 15.4. The molecule has 3 aromatic rings. The zero-order valence-electron chi connectivity index (χ0n) is 15.4. The summed E-state index contributed by atoms with van der Waals surface area (Å²) in [6.07, 6.45) is 0.838. The van der Waals surface area contributed by atoms with Crippen molar-refractivity contribution < 1.29 is 19.0 Å². The molecule has 1 aliphatic rings. The van der Waals surface area contributed by atoms with E-state index in [1.807, 2.05) is 60.7 Å². The third-order valence-corrected chi connectivity index (χ3v) is 4.36. The van der Waals surface area contributed by atoms with E-state index in [1.165, 1.54) is 0 Å². The number of hydrogen-bond acceptors (Lipinski definition) is 4. The van der Waals surface area contributed by atoms with E-state index in [9.17, 15) is 4.79 Å². The molecule has 0 aromatic heterocycles. The van der Waals surface area contributed by atoms with Crippen LogP contribution in [0.2, 0.25) is 0 Å². The number of para-hydroxylation sites is 1. The predicted molar refractivity (Wildman–Crippen MR) is 108 cm³/mol. The van der Waals surface area contributed by atoms with Gasteiger partial charge in [-0.05, 0) is 23.8 Å². The van der Waals surface area contributed by atoms with Crippen molar-refractivity contribution in [1.82, 2.24) is 0 Å². The first-order valence-electron chi connectivity index (χ1n) is 9.26. The van der Waals surface area contributed by atoms with E-state index in [0.29, 0.717) is 36.1 Å². The quantitative estimate of drug-likeness (QED) is 0.712. The van der Waals surface area contributed by atoms with E-state index in [1.54, 1.807) is 12.1 Å². The molecule has 0 bridgehead atoms. The van der Waals surface area contributed by atoms with Crippen molar-refractivity contribution in [3.8, 4) is 28.4 Å². The van der Waals surface area contributed by atoms with Crippen LogP contribution in [0.4, 0.5) is 5.69 Å². The lowest BCUT2D eigenvalue weighted by Crippen LogP contribution is -2.20. The molecule has 0 saturated heterocycles. The Morgan fingerprint density at radius 2 is 1.64 bits per heavy atom. The van der Waals surface area contributed by atoms with E-state index >= 15 is 0 Å². The molecule has 0 fully saturated rings. The van der Waals surface area contributed by atoms with Crippen LogP contribution in [0.3, 0.4) is 0 Å². The summed E-state index contributed by atoms with van der Waals surface area (Å²) in [5, 5.41) is 2.84. The fourth-order valence-corrected chi connectivity index (χ4v) is 3.03. The van der Waals surface area contributed by atoms with Crippen molar-refractivity contribution in [1.29, 1.82) is 0 Å². The van der Waals surface area contributed by atoms with Gasteiger partial charge in [0.2, 0.25) is 0 Å². The average molecular weight is 375 g/mol. The molecule has 142 valence electrons. The molecule has 0 unspecified atom stereocenters. The predicted octanol–water partition coefficient (Wildman–Crippen LogP) is 4.53. The van der Waals surface area contributed by atoms with E-state index in [-0.39, 0.29) is 12.5 Å². The van der Waals surface area contributed by atoms with Crippen molar-refractivity contribution >= 4 is 11.6 Å². The van der Waals surface area contributed by atoms with Gasteiger partial charge >= 0.3 is 0 Å². The molecule has 1 amide bonds. The van der Waals surface area contributed by atoms with Crippen LogP contribution < -0.4 is 19.5 Å². The summed E-state index contributed by atoms with van der Waals surface area (Å²) in [6.45, 7) is 1.15. The zero-order chi connectivity index (χ0) is 19.2. The van der Waals surface area contributed by atoms with Crippen molar-refractivity contribution in [2.24, 2.45) is 0 Å². The molecule has 3 aromatic carbocycles. The van der Waals surface area contributed by atoms with E-state index in [2.05, 4.69) is 5.32 Å². The lowest BCUT2D eigenvalue weighted by atomic mass is 10.1. The van der Waals surface area contributed by atoms with Crippen molar-refractivity contribution in [2.45, 2.75) is 6.42 Å². The van der Waals surface area contributed by atoms with Crippen LogP contribution in [0, 0.1) is 0 Å². The molecule has 5 nitrogen and oxygen atoms in total. The summed E-state index contributed by atoms with van der Waals surface area (Å²) in [5.74, 6) is 1.77. The second-order valence-electron chi connectivity index (χ2n) is 6.41. The summed E-state index contributed by atoms with van der Waals surface area (Å²) in [7, 11) is 0. The first-order valence-corrected chi connectivity index (χ1v) is 9.26. The lowest BCUT2D eigenvalue weighted by molar-refractivity contribution is -0.118. The normalized spacial score (nSPS) is 12.7. The van der Waals surface area contributed by atoms with Crippen LogP contribution in [-0.2, 0) is 4.79 Å². The van der Waals surface area contributed by atoms with Crippen molar-refractivity contribution in [2.75, 3.05) is 25.1 Å². The second-order valence-corrected chi connectivity index (χ2v) is 6.41. The fourth-order valence-electron chi connectivity index (χ4n) is 3.03. The van der Waals surface area contributed by atoms with Crippen LogP contribution in [0.15, 0.2) is 72.8 Å². The average Bonchev–Trinajstić information content (AvgIpc) is 2.98. The lowest BCUT2D eigenvalue weighted by Gasteiger charge is -2.13. The van der Waals surface area contributed by atoms with Crippen LogP contribution in [0.25, 0.3) is 11.1 Å². The number of fused-ring (bicyclic) bond motifs is 1. The number of nitrogens with one attached hydrogen (secondary N) is 1. The molecule has 0 radical (unpaired) electrons. The number of hydrogen-bond donors (Lipinski definition) is 1. The highest BCUT2D eigenvalue weighted by molar-refractivity contribution is 5.92. The Morgan fingerprint density at radius 3 is 2.50 bits per heavy atom. The topological polar surface area (TPSA) is 56.8 Å². The molecule has 4 rings (SSSR count). The Hall–Kier alpha value is -3.47. The van der Waals surface area contributed by atoms with Gasteiger partial charge in [-0.3, -0.25) is 4.79 Å². The van der Waals surface area contributed by atoms with E-state index < -0.39 is 0 Å². The minimum absolute atomic E-state index is 0.0850. The third-order valence-electron chi connectivity index (χ3n) is 4.36. The summed E-state index contributed by atoms with van der Waals surface area (Å²) in [5.41, 5.74) is 2.64. The smallest absolute Gasteiger partial charge is 0.262 e. The SMILES string of the molecule is O=C(COc1ccccc1-c1ccccc1)Nc1ccc2c(c1)OCCCO2. The van der Waals surface area contributed by atoms with Gasteiger partial charge in [0.25, 0.3) is 5.91 Å². The molecule has 28 heavy (non-hydrogen) atoms. The molecule has 0 aliphatic carbocycles. The van der Waals surface area contributed by atoms with Gasteiger partial charge in [0.15, 0.2) is 18.1 Å². The van der Waals surface area contributed by atoms with Gasteiger partial charge in [0.05, 0.1) is 13.2 Å². The molecule has 1 aliphatic heterocycles. The number of rotatable bonds is 5. The van der Waals surface area contributed by atoms with Gasteiger partial charge in [0, 0.05) is 23.7 Å². The largest absolute Gasteiger partial charge is 0.490 e. The third kappa shape index (κ3) is 4.26. The molecule has 1 heterocycles.